The SMILES string of the molecule is CC(C)(C)OC(=O)N1CCOC[C@H]1c1cc(Cl)cc(-c2ccccc2)c1. The summed E-state index contributed by atoms with van der Waals surface area (Å²) in [6, 6.07) is 15.7. The van der Waals surface area contributed by atoms with E-state index in [1.807, 2.05) is 63.2 Å². The second-order valence-corrected chi connectivity index (χ2v) is 7.84. The molecule has 0 aromatic heterocycles. The van der Waals surface area contributed by atoms with Gasteiger partial charge in [-0.05, 0) is 55.7 Å². The fourth-order valence-corrected chi connectivity index (χ4v) is 3.26. The number of halogens is 1. The third-order valence-electron chi connectivity index (χ3n) is 4.17. The number of hydrogen-bond acceptors (Lipinski definition) is 3. The van der Waals surface area contributed by atoms with Crippen molar-refractivity contribution in [1.82, 2.24) is 4.90 Å². The highest BCUT2D eigenvalue weighted by Gasteiger charge is 2.32. The summed E-state index contributed by atoms with van der Waals surface area (Å²) in [7, 11) is 0. The summed E-state index contributed by atoms with van der Waals surface area (Å²) in [6.45, 7) is 7.02. The first-order valence-corrected chi connectivity index (χ1v) is 9.14. The van der Waals surface area contributed by atoms with E-state index >= 15 is 0 Å². The Morgan fingerprint density at radius 3 is 2.58 bits per heavy atom. The largest absolute Gasteiger partial charge is 0.444 e. The van der Waals surface area contributed by atoms with Gasteiger partial charge in [0.2, 0.25) is 0 Å². The van der Waals surface area contributed by atoms with Crippen LogP contribution in [0.25, 0.3) is 11.1 Å². The average molecular weight is 374 g/mol. The first-order valence-electron chi connectivity index (χ1n) is 8.77. The number of hydrogen-bond donors (Lipinski definition) is 0. The molecule has 2 aromatic carbocycles. The van der Waals surface area contributed by atoms with Gasteiger partial charge >= 0.3 is 6.09 Å². The molecule has 0 spiro atoms. The Labute approximate surface area is 159 Å². The molecule has 0 unspecified atom stereocenters. The highest BCUT2D eigenvalue weighted by molar-refractivity contribution is 6.31. The van der Waals surface area contributed by atoms with Crippen LogP contribution in [0.1, 0.15) is 32.4 Å². The zero-order valence-electron chi connectivity index (χ0n) is 15.4. The van der Waals surface area contributed by atoms with Crippen LogP contribution in [0.4, 0.5) is 4.79 Å². The molecule has 5 heteroatoms. The number of carbonyl (C=O) groups is 1. The molecule has 2 aromatic rings. The van der Waals surface area contributed by atoms with Crippen LogP contribution in [-0.2, 0) is 9.47 Å². The summed E-state index contributed by atoms with van der Waals surface area (Å²) in [5.74, 6) is 0. The predicted octanol–water partition coefficient (Wildman–Crippen LogP) is 5.32. The van der Waals surface area contributed by atoms with Crippen LogP contribution in [0.3, 0.4) is 0 Å². The van der Waals surface area contributed by atoms with Crippen molar-refractivity contribution in [1.29, 1.82) is 0 Å². The highest BCUT2D eigenvalue weighted by atomic mass is 35.5. The van der Waals surface area contributed by atoms with E-state index in [0.29, 0.717) is 24.8 Å². The number of benzene rings is 2. The van der Waals surface area contributed by atoms with E-state index in [9.17, 15) is 4.79 Å². The van der Waals surface area contributed by atoms with E-state index in [1.165, 1.54) is 0 Å². The van der Waals surface area contributed by atoms with Gasteiger partial charge in [-0.3, -0.25) is 4.90 Å². The zero-order valence-corrected chi connectivity index (χ0v) is 16.1. The maximum atomic E-state index is 12.7. The summed E-state index contributed by atoms with van der Waals surface area (Å²) < 4.78 is 11.2. The van der Waals surface area contributed by atoms with E-state index in [4.69, 9.17) is 21.1 Å². The molecule has 1 aliphatic heterocycles. The molecule has 1 atom stereocenters. The van der Waals surface area contributed by atoms with Crippen LogP contribution in [0, 0.1) is 0 Å². The van der Waals surface area contributed by atoms with Crippen LogP contribution >= 0.6 is 11.6 Å². The van der Waals surface area contributed by atoms with Crippen molar-refractivity contribution in [2.75, 3.05) is 19.8 Å². The van der Waals surface area contributed by atoms with Gasteiger partial charge in [0.05, 0.1) is 19.3 Å². The molecular formula is C21H24ClNO3. The van der Waals surface area contributed by atoms with E-state index in [0.717, 1.165) is 16.7 Å². The molecule has 26 heavy (non-hydrogen) atoms. The normalized spacial score (nSPS) is 17.8. The first-order chi connectivity index (χ1) is 12.3. The molecule has 3 rings (SSSR count). The van der Waals surface area contributed by atoms with Gasteiger partial charge in [-0.15, -0.1) is 0 Å². The Kier molecular flexibility index (Phi) is 5.54. The Morgan fingerprint density at radius 2 is 1.88 bits per heavy atom. The number of amides is 1. The molecule has 1 heterocycles. The Balaban J connectivity index is 1.93. The maximum absolute atomic E-state index is 12.7. The number of carbonyl (C=O) groups excluding carboxylic acids is 1. The minimum absolute atomic E-state index is 0.222. The highest BCUT2D eigenvalue weighted by Crippen LogP contribution is 2.32. The Bertz CT molecular complexity index is 771. The van der Waals surface area contributed by atoms with Gasteiger partial charge in [0.15, 0.2) is 0 Å². The van der Waals surface area contributed by atoms with Crippen molar-refractivity contribution < 1.29 is 14.3 Å². The molecule has 1 aliphatic rings. The van der Waals surface area contributed by atoms with Crippen LogP contribution < -0.4 is 0 Å². The quantitative estimate of drug-likeness (QED) is 0.715. The summed E-state index contributed by atoms with van der Waals surface area (Å²) in [5, 5.41) is 0.635. The Morgan fingerprint density at radius 1 is 1.15 bits per heavy atom. The lowest BCUT2D eigenvalue weighted by molar-refractivity contribution is -0.0331. The minimum atomic E-state index is -0.538. The van der Waals surface area contributed by atoms with Gasteiger partial charge in [0.25, 0.3) is 0 Å². The van der Waals surface area contributed by atoms with Gasteiger partial charge in [0.1, 0.15) is 5.60 Å². The molecule has 1 fully saturated rings. The molecule has 1 amide bonds. The molecule has 138 valence electrons. The van der Waals surface area contributed by atoms with Crippen LogP contribution in [0.2, 0.25) is 5.02 Å². The Hall–Kier alpha value is -2.04. The third kappa shape index (κ3) is 4.57. The zero-order chi connectivity index (χ0) is 18.7. The summed E-state index contributed by atoms with van der Waals surface area (Å²) in [4.78, 5) is 14.4. The summed E-state index contributed by atoms with van der Waals surface area (Å²) in [5.41, 5.74) is 2.50. The van der Waals surface area contributed by atoms with E-state index < -0.39 is 5.60 Å². The molecule has 1 saturated heterocycles. The van der Waals surface area contributed by atoms with Gasteiger partial charge in [-0.1, -0.05) is 41.9 Å². The predicted molar refractivity (Wildman–Crippen MR) is 103 cm³/mol. The molecule has 0 saturated carbocycles. The van der Waals surface area contributed by atoms with Crippen molar-refractivity contribution in [3.05, 3.63) is 59.1 Å². The summed E-state index contributed by atoms with van der Waals surface area (Å²) in [6.07, 6.45) is -0.327. The number of ether oxygens (including phenoxy) is 2. The van der Waals surface area contributed by atoms with Crippen molar-refractivity contribution in [2.24, 2.45) is 0 Å². The maximum Gasteiger partial charge on any atom is 0.410 e. The van der Waals surface area contributed by atoms with Crippen molar-refractivity contribution in [3.63, 3.8) is 0 Å². The van der Waals surface area contributed by atoms with Crippen LogP contribution in [-0.4, -0.2) is 36.4 Å². The number of nitrogens with zero attached hydrogens (tertiary/aromatic N) is 1. The topological polar surface area (TPSA) is 38.8 Å². The molecule has 0 bridgehead atoms. The molecule has 4 nitrogen and oxygen atoms in total. The van der Waals surface area contributed by atoms with Crippen LogP contribution in [0.5, 0.6) is 0 Å². The fraction of sp³-hybridized carbons (Fsp3) is 0.381. The second-order valence-electron chi connectivity index (χ2n) is 7.40. The summed E-state index contributed by atoms with van der Waals surface area (Å²) >= 11 is 6.38. The van der Waals surface area contributed by atoms with Crippen molar-refractivity contribution in [2.45, 2.75) is 32.4 Å². The van der Waals surface area contributed by atoms with Gasteiger partial charge < -0.3 is 9.47 Å². The van der Waals surface area contributed by atoms with Gasteiger partial charge in [0, 0.05) is 11.6 Å². The number of morpholine rings is 1. The lowest BCUT2D eigenvalue weighted by atomic mass is 9.98. The molecule has 0 N–H and O–H groups in total. The van der Waals surface area contributed by atoms with E-state index in [-0.39, 0.29) is 12.1 Å². The standard InChI is InChI=1S/C21H24ClNO3/c1-21(2,3)26-20(24)23-9-10-25-14-19(23)17-11-16(12-18(22)13-17)15-7-5-4-6-8-15/h4-8,11-13,19H,9-10,14H2,1-3H3/t19-/m0/s1. The fourth-order valence-electron chi connectivity index (χ4n) is 3.02. The monoisotopic (exact) mass is 373 g/mol. The van der Waals surface area contributed by atoms with E-state index in [2.05, 4.69) is 6.07 Å². The van der Waals surface area contributed by atoms with Crippen molar-refractivity contribution >= 4 is 17.7 Å². The van der Waals surface area contributed by atoms with Crippen molar-refractivity contribution in [3.8, 4) is 11.1 Å². The van der Waals surface area contributed by atoms with Crippen LogP contribution in [0.15, 0.2) is 48.5 Å². The number of rotatable bonds is 2. The van der Waals surface area contributed by atoms with E-state index in [1.54, 1.807) is 4.90 Å². The second kappa shape index (κ2) is 7.68. The van der Waals surface area contributed by atoms with Gasteiger partial charge in [-0.25, -0.2) is 4.79 Å². The average Bonchev–Trinajstić information content (AvgIpc) is 2.60. The smallest absolute Gasteiger partial charge is 0.410 e. The molecular weight excluding hydrogens is 350 g/mol. The minimum Gasteiger partial charge on any atom is -0.444 e. The third-order valence-corrected chi connectivity index (χ3v) is 4.39. The molecule has 0 radical (unpaired) electrons. The lowest BCUT2D eigenvalue weighted by Gasteiger charge is -2.37. The first kappa shape index (κ1) is 18.7. The van der Waals surface area contributed by atoms with Gasteiger partial charge in [-0.2, -0.15) is 0 Å². The lowest BCUT2D eigenvalue weighted by Crippen LogP contribution is -2.45. The molecule has 0 aliphatic carbocycles.